The summed E-state index contributed by atoms with van der Waals surface area (Å²) in [5, 5.41) is 12.6. The van der Waals surface area contributed by atoms with Crippen LogP contribution in [0.1, 0.15) is 12.6 Å². The Morgan fingerprint density at radius 1 is 1.41 bits per heavy atom. The van der Waals surface area contributed by atoms with Gasteiger partial charge in [-0.25, -0.2) is 14.7 Å². The van der Waals surface area contributed by atoms with Crippen molar-refractivity contribution in [1.82, 2.24) is 9.55 Å². The number of carbonyl (C=O) groups is 2. The molecular weight excluding hydrogens is 433 g/mol. The van der Waals surface area contributed by atoms with Crippen molar-refractivity contribution in [1.29, 1.82) is 5.26 Å². The molecule has 1 saturated heterocycles. The molecule has 168 valence electrons. The summed E-state index contributed by atoms with van der Waals surface area (Å²) < 4.78 is 52.1. The standard InChI is InChI=1S/C19H17F3N6O4/c1-9(15(24)29)25-10-2-3-11-13(6-10)31-5-4-27-12(7-23)17(26-16(11)27)28-14(19(20,21)22)8-32-18(28)30/h2-3,6,9,14,25H,4-5,8H2,1H3,(H2,24,29)/t9-,14-/m0/s1. The lowest BCUT2D eigenvalue weighted by Gasteiger charge is -2.21. The fourth-order valence-electron chi connectivity index (χ4n) is 3.52. The van der Waals surface area contributed by atoms with Crippen molar-refractivity contribution in [2.45, 2.75) is 31.7 Å². The second-order valence-corrected chi connectivity index (χ2v) is 7.20. The first-order valence-electron chi connectivity index (χ1n) is 9.48. The summed E-state index contributed by atoms with van der Waals surface area (Å²) in [5.41, 5.74) is 5.97. The summed E-state index contributed by atoms with van der Waals surface area (Å²) >= 11 is 0. The molecular formula is C19H17F3N6O4. The van der Waals surface area contributed by atoms with Crippen molar-refractivity contribution in [2.24, 2.45) is 5.73 Å². The largest absolute Gasteiger partial charge is 0.491 e. The molecule has 0 unspecified atom stereocenters. The number of aromatic nitrogens is 2. The van der Waals surface area contributed by atoms with Crippen LogP contribution in [-0.2, 0) is 16.1 Å². The molecule has 2 aliphatic heterocycles. The van der Waals surface area contributed by atoms with Crippen molar-refractivity contribution in [2.75, 3.05) is 23.4 Å². The number of anilines is 2. The zero-order valence-corrected chi connectivity index (χ0v) is 16.6. The van der Waals surface area contributed by atoms with Crippen molar-refractivity contribution in [3.63, 3.8) is 0 Å². The summed E-state index contributed by atoms with van der Waals surface area (Å²) in [6.45, 7) is 0.897. The maximum Gasteiger partial charge on any atom is 0.416 e. The third-order valence-corrected chi connectivity index (χ3v) is 5.14. The Hall–Kier alpha value is -3.95. The van der Waals surface area contributed by atoms with Crippen molar-refractivity contribution >= 4 is 23.5 Å². The lowest BCUT2D eigenvalue weighted by molar-refractivity contribution is -0.147. The average molecular weight is 450 g/mol. The summed E-state index contributed by atoms with van der Waals surface area (Å²) in [4.78, 5) is 28.0. The van der Waals surface area contributed by atoms with Crippen LogP contribution in [0.3, 0.4) is 0 Å². The molecule has 13 heteroatoms. The van der Waals surface area contributed by atoms with Gasteiger partial charge in [-0.15, -0.1) is 0 Å². The van der Waals surface area contributed by atoms with E-state index >= 15 is 0 Å². The number of amides is 2. The summed E-state index contributed by atoms with van der Waals surface area (Å²) in [6, 6.07) is 3.73. The topological polar surface area (TPSA) is 136 Å². The van der Waals surface area contributed by atoms with E-state index in [4.69, 9.17) is 10.5 Å². The minimum absolute atomic E-state index is 0.0897. The molecule has 1 fully saturated rings. The van der Waals surface area contributed by atoms with Crippen molar-refractivity contribution in [3.05, 3.63) is 23.9 Å². The van der Waals surface area contributed by atoms with Gasteiger partial charge in [0.25, 0.3) is 0 Å². The number of rotatable bonds is 4. The molecule has 3 heterocycles. The van der Waals surface area contributed by atoms with Gasteiger partial charge < -0.3 is 25.1 Å². The number of nitriles is 1. The van der Waals surface area contributed by atoms with Gasteiger partial charge in [-0.1, -0.05) is 0 Å². The van der Waals surface area contributed by atoms with E-state index in [1.807, 2.05) is 6.07 Å². The highest BCUT2D eigenvalue weighted by molar-refractivity contribution is 5.91. The number of imidazole rings is 1. The number of hydrogen-bond acceptors (Lipinski definition) is 7. The van der Waals surface area contributed by atoms with E-state index in [1.54, 1.807) is 25.1 Å². The van der Waals surface area contributed by atoms with Crippen LogP contribution >= 0.6 is 0 Å². The molecule has 0 bridgehead atoms. The third kappa shape index (κ3) is 3.53. The first-order chi connectivity index (χ1) is 15.1. The van der Waals surface area contributed by atoms with Crippen LogP contribution in [-0.4, -0.2) is 53.0 Å². The number of carbonyl (C=O) groups excluding carboxylic acids is 2. The second kappa shape index (κ2) is 7.63. The zero-order valence-electron chi connectivity index (χ0n) is 16.6. The molecule has 0 radical (unpaired) electrons. The number of nitrogens with zero attached hydrogens (tertiary/aromatic N) is 4. The van der Waals surface area contributed by atoms with Crippen LogP contribution < -0.4 is 20.7 Å². The quantitative estimate of drug-likeness (QED) is 0.727. The molecule has 2 amide bonds. The fourth-order valence-corrected chi connectivity index (χ4v) is 3.52. The Balaban J connectivity index is 1.79. The predicted octanol–water partition coefficient (Wildman–Crippen LogP) is 1.99. The molecule has 10 nitrogen and oxygen atoms in total. The van der Waals surface area contributed by atoms with E-state index in [-0.39, 0.29) is 24.7 Å². The van der Waals surface area contributed by atoms with Gasteiger partial charge in [0, 0.05) is 11.8 Å². The van der Waals surface area contributed by atoms with E-state index in [2.05, 4.69) is 15.0 Å². The smallest absolute Gasteiger partial charge is 0.416 e. The Labute approximate surface area is 179 Å². The third-order valence-electron chi connectivity index (χ3n) is 5.14. The number of hydrogen-bond donors (Lipinski definition) is 2. The molecule has 0 saturated carbocycles. The number of ether oxygens (including phenoxy) is 2. The molecule has 0 spiro atoms. The number of halogens is 3. The minimum atomic E-state index is -4.77. The van der Waals surface area contributed by atoms with E-state index in [0.29, 0.717) is 21.9 Å². The van der Waals surface area contributed by atoms with Gasteiger partial charge in [0.2, 0.25) is 5.91 Å². The van der Waals surface area contributed by atoms with E-state index < -0.39 is 42.7 Å². The summed E-state index contributed by atoms with van der Waals surface area (Å²) in [6.07, 6.45) is -5.99. The highest BCUT2D eigenvalue weighted by atomic mass is 19.4. The van der Waals surface area contributed by atoms with Gasteiger partial charge in [0.15, 0.2) is 17.6 Å². The van der Waals surface area contributed by atoms with Crippen LogP contribution in [0.5, 0.6) is 5.75 Å². The number of nitrogens with two attached hydrogens (primary N) is 1. The lowest BCUT2D eigenvalue weighted by Crippen LogP contribution is -2.44. The van der Waals surface area contributed by atoms with Crippen LogP contribution in [0.4, 0.5) is 29.5 Å². The molecule has 3 N–H and O–H groups in total. The molecule has 2 atom stereocenters. The number of benzene rings is 1. The molecule has 2 aliphatic rings. The first-order valence-corrected chi connectivity index (χ1v) is 9.48. The van der Waals surface area contributed by atoms with Crippen LogP contribution in [0.15, 0.2) is 18.2 Å². The van der Waals surface area contributed by atoms with Gasteiger partial charge in [0.05, 0.1) is 12.1 Å². The van der Waals surface area contributed by atoms with Gasteiger partial charge in [0.1, 0.15) is 36.9 Å². The van der Waals surface area contributed by atoms with Gasteiger partial charge >= 0.3 is 12.3 Å². The molecule has 32 heavy (non-hydrogen) atoms. The van der Waals surface area contributed by atoms with Gasteiger partial charge in [-0.2, -0.15) is 18.4 Å². The number of fused-ring (bicyclic) bond motifs is 3. The molecule has 0 aliphatic carbocycles. The highest BCUT2D eigenvalue weighted by Crippen LogP contribution is 2.40. The number of primary amides is 1. The van der Waals surface area contributed by atoms with E-state index in [9.17, 15) is 28.0 Å². The Kier molecular flexibility index (Phi) is 5.08. The Morgan fingerprint density at radius 2 is 2.16 bits per heavy atom. The number of alkyl halides is 3. The van der Waals surface area contributed by atoms with Gasteiger partial charge in [-0.3, -0.25) is 4.79 Å². The summed E-state index contributed by atoms with van der Waals surface area (Å²) in [5.74, 6) is -0.483. The predicted molar refractivity (Wildman–Crippen MR) is 104 cm³/mol. The molecule has 2 aromatic rings. The number of cyclic esters (lactones) is 1. The minimum Gasteiger partial charge on any atom is -0.491 e. The van der Waals surface area contributed by atoms with Crippen LogP contribution in [0.2, 0.25) is 0 Å². The van der Waals surface area contributed by atoms with E-state index in [1.165, 1.54) is 4.57 Å². The van der Waals surface area contributed by atoms with Crippen LogP contribution in [0, 0.1) is 11.3 Å². The van der Waals surface area contributed by atoms with Crippen LogP contribution in [0.25, 0.3) is 11.4 Å². The lowest BCUT2D eigenvalue weighted by atomic mass is 10.1. The van der Waals surface area contributed by atoms with Crippen molar-refractivity contribution in [3.8, 4) is 23.2 Å². The van der Waals surface area contributed by atoms with Gasteiger partial charge in [-0.05, 0) is 19.1 Å². The number of nitrogens with one attached hydrogen (secondary N) is 1. The average Bonchev–Trinajstić information content (AvgIpc) is 3.22. The molecule has 1 aromatic heterocycles. The highest BCUT2D eigenvalue weighted by Gasteiger charge is 2.53. The summed E-state index contributed by atoms with van der Waals surface area (Å²) in [7, 11) is 0. The maximum atomic E-state index is 13.4. The Bertz CT molecular complexity index is 1140. The fraction of sp³-hybridized carbons (Fsp3) is 0.368. The first kappa shape index (κ1) is 21.3. The van der Waals surface area contributed by atoms with Crippen molar-refractivity contribution < 1.29 is 32.2 Å². The van der Waals surface area contributed by atoms with E-state index in [0.717, 1.165) is 0 Å². The zero-order chi connectivity index (χ0) is 23.2. The SMILES string of the molecule is C[C@H](Nc1ccc2c(c1)OCCn1c-2nc(N2C(=O)OC[C@H]2C(F)(F)F)c1C#N)C(N)=O. The normalized spacial score (nSPS) is 18.5. The monoisotopic (exact) mass is 450 g/mol. The second-order valence-electron chi connectivity index (χ2n) is 7.20. The molecule has 4 rings (SSSR count). The molecule has 1 aromatic carbocycles. The maximum absolute atomic E-state index is 13.4. The Morgan fingerprint density at radius 3 is 2.81 bits per heavy atom.